The Bertz CT molecular complexity index is 270. The van der Waals surface area contributed by atoms with Gasteiger partial charge < -0.3 is 15.4 Å². The monoisotopic (exact) mass is 272 g/mol. The Morgan fingerprint density at radius 1 is 1.21 bits per heavy atom. The Morgan fingerprint density at radius 3 is 2.26 bits per heavy atom. The first-order valence-corrected chi connectivity index (χ1v) is 7.27. The van der Waals surface area contributed by atoms with Crippen molar-refractivity contribution in [3.8, 4) is 0 Å². The molecule has 0 heterocycles. The third-order valence-electron chi connectivity index (χ3n) is 2.78. The topological polar surface area (TPSA) is 50.4 Å². The van der Waals surface area contributed by atoms with Gasteiger partial charge in [0.2, 0.25) is 0 Å². The molecule has 0 aliphatic rings. The van der Waals surface area contributed by atoms with Gasteiger partial charge >= 0.3 is 6.09 Å². The van der Waals surface area contributed by atoms with Crippen LogP contribution in [0.2, 0.25) is 0 Å². The summed E-state index contributed by atoms with van der Waals surface area (Å²) in [6.45, 7) is 15.7. The fourth-order valence-electron chi connectivity index (χ4n) is 1.72. The van der Waals surface area contributed by atoms with Crippen molar-refractivity contribution in [2.45, 2.75) is 72.4 Å². The van der Waals surface area contributed by atoms with Crippen LogP contribution in [0.25, 0.3) is 0 Å². The van der Waals surface area contributed by atoms with Crippen LogP contribution in [0.5, 0.6) is 0 Å². The minimum atomic E-state index is -0.447. The van der Waals surface area contributed by atoms with Crippen molar-refractivity contribution in [3.05, 3.63) is 0 Å². The lowest BCUT2D eigenvalue weighted by atomic mass is 10.0. The van der Waals surface area contributed by atoms with E-state index in [9.17, 15) is 4.79 Å². The molecule has 4 heteroatoms. The first-order valence-electron chi connectivity index (χ1n) is 7.27. The van der Waals surface area contributed by atoms with Gasteiger partial charge in [-0.05, 0) is 53.5 Å². The van der Waals surface area contributed by atoms with Crippen molar-refractivity contribution in [1.82, 2.24) is 10.6 Å². The highest BCUT2D eigenvalue weighted by Gasteiger charge is 2.21. The van der Waals surface area contributed by atoms with Crippen molar-refractivity contribution < 1.29 is 9.53 Å². The lowest BCUT2D eigenvalue weighted by molar-refractivity contribution is 0.0513. The number of carbonyl (C=O) groups is 1. The van der Waals surface area contributed by atoms with Gasteiger partial charge in [0.05, 0.1) is 0 Å². The number of ether oxygens (including phenoxy) is 1. The maximum Gasteiger partial charge on any atom is 0.407 e. The Morgan fingerprint density at radius 2 is 1.79 bits per heavy atom. The third-order valence-corrected chi connectivity index (χ3v) is 2.78. The summed E-state index contributed by atoms with van der Waals surface area (Å²) in [4.78, 5) is 11.6. The van der Waals surface area contributed by atoms with Crippen molar-refractivity contribution in [2.75, 3.05) is 13.1 Å². The van der Waals surface area contributed by atoms with Gasteiger partial charge in [-0.1, -0.05) is 20.3 Å². The van der Waals surface area contributed by atoms with Crippen LogP contribution in [-0.4, -0.2) is 30.3 Å². The van der Waals surface area contributed by atoms with Gasteiger partial charge in [0, 0.05) is 12.1 Å². The molecule has 4 nitrogen and oxygen atoms in total. The predicted octanol–water partition coefficient (Wildman–Crippen LogP) is 3.32. The van der Waals surface area contributed by atoms with Gasteiger partial charge in [0.25, 0.3) is 0 Å². The van der Waals surface area contributed by atoms with Crippen LogP contribution in [0, 0.1) is 5.92 Å². The second-order valence-electron chi connectivity index (χ2n) is 7.01. The zero-order chi connectivity index (χ0) is 15.1. The number of amides is 1. The molecule has 0 bridgehead atoms. The molecule has 0 fully saturated rings. The Labute approximate surface area is 118 Å². The first kappa shape index (κ1) is 18.2. The molecule has 1 atom stereocenters. The van der Waals surface area contributed by atoms with Gasteiger partial charge in [0.15, 0.2) is 0 Å². The largest absolute Gasteiger partial charge is 0.444 e. The molecule has 0 rings (SSSR count). The predicted molar refractivity (Wildman–Crippen MR) is 80.4 cm³/mol. The van der Waals surface area contributed by atoms with E-state index >= 15 is 0 Å². The van der Waals surface area contributed by atoms with Gasteiger partial charge in [-0.25, -0.2) is 4.79 Å². The van der Waals surface area contributed by atoms with Crippen LogP contribution in [-0.2, 0) is 4.74 Å². The number of carbonyl (C=O) groups excluding carboxylic acids is 1. The fourth-order valence-corrected chi connectivity index (χ4v) is 1.72. The molecule has 0 aromatic carbocycles. The lowest BCUT2D eigenvalue weighted by Crippen LogP contribution is -2.50. The Balaban J connectivity index is 3.99. The summed E-state index contributed by atoms with van der Waals surface area (Å²) in [5.74, 6) is 0.658. The van der Waals surface area contributed by atoms with Crippen LogP contribution in [0.15, 0.2) is 0 Å². The summed E-state index contributed by atoms with van der Waals surface area (Å²) in [6, 6.07) is 0. The number of hydrogen-bond donors (Lipinski definition) is 2. The second kappa shape index (κ2) is 7.73. The summed E-state index contributed by atoms with van der Waals surface area (Å²) >= 11 is 0. The van der Waals surface area contributed by atoms with E-state index in [4.69, 9.17) is 4.74 Å². The highest BCUT2D eigenvalue weighted by molar-refractivity contribution is 5.67. The fraction of sp³-hybridized carbons (Fsp3) is 0.933. The van der Waals surface area contributed by atoms with E-state index in [1.54, 1.807) is 0 Å². The molecule has 19 heavy (non-hydrogen) atoms. The highest BCUT2D eigenvalue weighted by atomic mass is 16.6. The van der Waals surface area contributed by atoms with Crippen LogP contribution >= 0.6 is 0 Å². The SMILES string of the molecule is CCCC(C)CNC(C)(C)CNC(=O)OC(C)(C)C. The van der Waals surface area contributed by atoms with E-state index in [2.05, 4.69) is 38.3 Å². The van der Waals surface area contributed by atoms with Crippen LogP contribution < -0.4 is 10.6 Å². The average Bonchev–Trinajstić information content (AvgIpc) is 2.22. The standard InChI is InChI=1S/C15H32N2O2/c1-8-9-12(2)10-17-15(6,7)11-16-13(18)19-14(3,4)5/h12,17H,8-11H2,1-7H3,(H,16,18). The summed E-state index contributed by atoms with van der Waals surface area (Å²) in [7, 11) is 0. The molecule has 0 aliphatic heterocycles. The second-order valence-corrected chi connectivity index (χ2v) is 7.01. The Hall–Kier alpha value is -0.770. The summed E-state index contributed by atoms with van der Waals surface area (Å²) in [5, 5.41) is 6.30. The smallest absolute Gasteiger partial charge is 0.407 e. The van der Waals surface area contributed by atoms with Gasteiger partial charge in [0.1, 0.15) is 5.60 Å². The van der Waals surface area contributed by atoms with E-state index in [-0.39, 0.29) is 11.6 Å². The highest BCUT2D eigenvalue weighted by Crippen LogP contribution is 2.09. The average molecular weight is 272 g/mol. The van der Waals surface area contributed by atoms with Crippen molar-refractivity contribution >= 4 is 6.09 Å². The molecule has 2 N–H and O–H groups in total. The summed E-state index contributed by atoms with van der Waals surface area (Å²) in [6.07, 6.45) is 2.08. The molecular formula is C15H32N2O2. The Kier molecular flexibility index (Phi) is 7.42. The maximum absolute atomic E-state index is 11.6. The molecular weight excluding hydrogens is 240 g/mol. The molecule has 0 aromatic heterocycles. The molecule has 114 valence electrons. The van der Waals surface area contributed by atoms with Gasteiger partial charge in [-0.3, -0.25) is 0 Å². The number of nitrogens with one attached hydrogen (secondary N) is 2. The van der Waals surface area contributed by atoms with E-state index < -0.39 is 5.60 Å². The van der Waals surface area contributed by atoms with Crippen molar-refractivity contribution in [3.63, 3.8) is 0 Å². The van der Waals surface area contributed by atoms with Crippen LogP contribution in [0.4, 0.5) is 4.79 Å². The van der Waals surface area contributed by atoms with Gasteiger partial charge in [-0.15, -0.1) is 0 Å². The molecule has 1 unspecified atom stereocenters. The molecule has 0 aromatic rings. The van der Waals surface area contributed by atoms with Crippen molar-refractivity contribution in [2.24, 2.45) is 5.92 Å². The molecule has 0 saturated heterocycles. The summed E-state index contributed by atoms with van der Waals surface area (Å²) < 4.78 is 5.22. The first-order chi connectivity index (χ1) is 8.56. The number of alkyl carbamates (subject to hydrolysis) is 1. The molecule has 0 aliphatic carbocycles. The van der Waals surface area contributed by atoms with Gasteiger partial charge in [-0.2, -0.15) is 0 Å². The third kappa shape index (κ3) is 10.8. The van der Waals surface area contributed by atoms with E-state index in [1.807, 2.05) is 20.8 Å². The quantitative estimate of drug-likeness (QED) is 0.747. The molecule has 0 saturated carbocycles. The normalized spacial score (nSPS) is 14.1. The van der Waals surface area contributed by atoms with E-state index in [0.717, 1.165) is 6.54 Å². The van der Waals surface area contributed by atoms with Crippen molar-refractivity contribution in [1.29, 1.82) is 0 Å². The number of hydrogen-bond acceptors (Lipinski definition) is 3. The zero-order valence-electron chi connectivity index (χ0n) is 13.7. The maximum atomic E-state index is 11.6. The molecule has 1 amide bonds. The number of rotatable bonds is 7. The lowest BCUT2D eigenvalue weighted by Gasteiger charge is -2.29. The minimum absolute atomic E-state index is 0.126. The zero-order valence-corrected chi connectivity index (χ0v) is 13.7. The van der Waals surface area contributed by atoms with E-state index in [0.29, 0.717) is 12.5 Å². The van der Waals surface area contributed by atoms with E-state index in [1.165, 1.54) is 12.8 Å². The minimum Gasteiger partial charge on any atom is -0.444 e. The molecule has 0 radical (unpaired) electrons. The molecule has 0 spiro atoms. The van der Waals surface area contributed by atoms with Crippen LogP contribution in [0.3, 0.4) is 0 Å². The van der Waals surface area contributed by atoms with Crippen LogP contribution in [0.1, 0.15) is 61.3 Å². The summed E-state index contributed by atoms with van der Waals surface area (Å²) in [5.41, 5.74) is -0.573.